The molecule has 4 aromatic rings. The minimum atomic E-state index is 0.421. The molecular formula is C28H32N4. The third-order valence-corrected chi connectivity index (χ3v) is 6.58. The minimum absolute atomic E-state index is 0.421. The molecule has 0 saturated carbocycles. The van der Waals surface area contributed by atoms with E-state index in [2.05, 4.69) is 100 Å². The fourth-order valence-electron chi connectivity index (χ4n) is 4.96. The lowest BCUT2D eigenvalue weighted by Gasteiger charge is -2.27. The van der Waals surface area contributed by atoms with Crippen LogP contribution in [0, 0.1) is 0 Å². The van der Waals surface area contributed by atoms with E-state index in [1.807, 2.05) is 0 Å². The molecule has 1 unspecified atom stereocenters. The Morgan fingerprint density at radius 2 is 1.56 bits per heavy atom. The van der Waals surface area contributed by atoms with Gasteiger partial charge >= 0.3 is 0 Å². The summed E-state index contributed by atoms with van der Waals surface area (Å²) in [5, 5.41) is 3.75. The van der Waals surface area contributed by atoms with Crippen molar-refractivity contribution >= 4 is 11.0 Å². The van der Waals surface area contributed by atoms with E-state index in [0.717, 1.165) is 55.9 Å². The van der Waals surface area contributed by atoms with Crippen LogP contribution >= 0.6 is 0 Å². The second kappa shape index (κ2) is 10.1. The third kappa shape index (κ3) is 5.09. The molecule has 1 saturated heterocycles. The van der Waals surface area contributed by atoms with Crippen LogP contribution in [-0.4, -0.2) is 47.1 Å². The number of rotatable bonds is 7. The summed E-state index contributed by atoms with van der Waals surface area (Å²) in [5.74, 6) is 1.51. The van der Waals surface area contributed by atoms with Crippen molar-refractivity contribution in [2.45, 2.75) is 31.2 Å². The minimum Gasteiger partial charge on any atom is -0.342 e. The molecule has 4 heteroatoms. The Morgan fingerprint density at radius 1 is 0.875 bits per heavy atom. The van der Waals surface area contributed by atoms with Crippen LogP contribution in [0.1, 0.15) is 35.7 Å². The molecule has 0 aliphatic carbocycles. The van der Waals surface area contributed by atoms with E-state index in [9.17, 15) is 0 Å². The van der Waals surface area contributed by atoms with Crippen LogP contribution in [0.15, 0.2) is 84.9 Å². The van der Waals surface area contributed by atoms with Crippen LogP contribution in [0.25, 0.3) is 11.0 Å². The first-order valence-corrected chi connectivity index (χ1v) is 11.8. The molecule has 0 radical (unpaired) electrons. The first-order chi connectivity index (χ1) is 15.8. The zero-order valence-corrected chi connectivity index (χ0v) is 18.6. The van der Waals surface area contributed by atoms with E-state index in [-0.39, 0.29) is 0 Å². The molecule has 1 aliphatic heterocycles. The smallest absolute Gasteiger partial charge is 0.108 e. The Morgan fingerprint density at radius 3 is 2.28 bits per heavy atom. The maximum Gasteiger partial charge on any atom is 0.108 e. The Balaban J connectivity index is 1.26. The predicted molar refractivity (Wildman–Crippen MR) is 132 cm³/mol. The van der Waals surface area contributed by atoms with Crippen molar-refractivity contribution in [1.29, 1.82) is 0 Å². The van der Waals surface area contributed by atoms with Gasteiger partial charge in [0.25, 0.3) is 0 Å². The highest BCUT2D eigenvalue weighted by Gasteiger charge is 2.21. The van der Waals surface area contributed by atoms with Crippen molar-refractivity contribution in [3.63, 3.8) is 0 Å². The molecule has 2 N–H and O–H groups in total. The monoisotopic (exact) mass is 424 g/mol. The van der Waals surface area contributed by atoms with Crippen LogP contribution in [-0.2, 0) is 6.42 Å². The number of nitrogens with zero attached hydrogens (tertiary/aromatic N) is 2. The summed E-state index contributed by atoms with van der Waals surface area (Å²) in [5.41, 5.74) is 5.00. The zero-order valence-electron chi connectivity index (χ0n) is 18.6. The van der Waals surface area contributed by atoms with E-state index in [1.165, 1.54) is 17.5 Å². The lowest BCUT2D eigenvalue weighted by atomic mass is 9.88. The molecule has 32 heavy (non-hydrogen) atoms. The quantitative estimate of drug-likeness (QED) is 0.439. The summed E-state index contributed by atoms with van der Waals surface area (Å²) in [6, 6.07) is 30.6. The van der Waals surface area contributed by atoms with E-state index in [1.54, 1.807) is 0 Å². The van der Waals surface area contributed by atoms with Gasteiger partial charge < -0.3 is 15.2 Å². The topological polar surface area (TPSA) is 44.0 Å². The Kier molecular flexibility index (Phi) is 6.61. The van der Waals surface area contributed by atoms with Crippen molar-refractivity contribution in [2.75, 3.05) is 26.2 Å². The van der Waals surface area contributed by atoms with Gasteiger partial charge in [-0.1, -0.05) is 72.8 Å². The molecular weight excluding hydrogens is 392 g/mol. The van der Waals surface area contributed by atoms with Crippen molar-refractivity contribution in [1.82, 2.24) is 20.2 Å². The summed E-state index contributed by atoms with van der Waals surface area (Å²) < 4.78 is 0. The first kappa shape index (κ1) is 20.9. The molecule has 1 atom stereocenters. The Hall–Kier alpha value is -2.95. The van der Waals surface area contributed by atoms with Crippen LogP contribution < -0.4 is 5.32 Å². The average molecular weight is 425 g/mol. The fraction of sp³-hybridized carbons (Fsp3) is 0.321. The number of aromatic amines is 1. The molecule has 0 spiro atoms. The van der Waals surface area contributed by atoms with Crippen LogP contribution in [0.3, 0.4) is 0 Å². The molecule has 1 aliphatic rings. The molecule has 5 rings (SSSR count). The number of benzene rings is 3. The van der Waals surface area contributed by atoms with E-state index >= 15 is 0 Å². The summed E-state index contributed by atoms with van der Waals surface area (Å²) in [4.78, 5) is 10.9. The molecule has 3 aromatic carbocycles. The van der Waals surface area contributed by atoms with Crippen molar-refractivity contribution in [2.24, 2.45) is 0 Å². The normalized spacial score (nSPS) is 17.6. The number of hydrogen-bond acceptors (Lipinski definition) is 3. The van der Waals surface area contributed by atoms with Gasteiger partial charge in [0.15, 0.2) is 0 Å². The Bertz CT molecular complexity index is 1030. The van der Waals surface area contributed by atoms with Gasteiger partial charge in [0, 0.05) is 24.9 Å². The second-order valence-corrected chi connectivity index (χ2v) is 8.87. The second-order valence-electron chi connectivity index (χ2n) is 8.87. The van der Waals surface area contributed by atoms with E-state index in [4.69, 9.17) is 4.98 Å². The number of aromatic nitrogens is 2. The van der Waals surface area contributed by atoms with Crippen LogP contribution in [0.4, 0.5) is 0 Å². The number of imidazole rings is 1. The lowest BCUT2D eigenvalue weighted by Crippen LogP contribution is -2.40. The lowest BCUT2D eigenvalue weighted by molar-refractivity contribution is 0.259. The maximum atomic E-state index is 4.80. The SMILES string of the molecule is c1ccc(C(CCN2CCCNC(Cc3nc4ccccc4[nH]3)C2)c2ccccc2)cc1. The first-order valence-electron chi connectivity index (χ1n) is 11.8. The largest absolute Gasteiger partial charge is 0.342 e. The summed E-state index contributed by atoms with van der Waals surface area (Å²) in [6.07, 6.45) is 3.26. The van der Waals surface area contributed by atoms with Crippen molar-refractivity contribution in [3.05, 3.63) is 102 Å². The highest BCUT2D eigenvalue weighted by Crippen LogP contribution is 2.28. The summed E-state index contributed by atoms with van der Waals surface area (Å²) >= 11 is 0. The summed E-state index contributed by atoms with van der Waals surface area (Å²) in [6.45, 7) is 4.39. The number of H-pyrrole nitrogens is 1. The average Bonchev–Trinajstić information content (AvgIpc) is 3.12. The van der Waals surface area contributed by atoms with Crippen molar-refractivity contribution < 1.29 is 0 Å². The molecule has 164 valence electrons. The molecule has 1 aromatic heterocycles. The van der Waals surface area contributed by atoms with Crippen LogP contribution in [0.2, 0.25) is 0 Å². The molecule has 0 amide bonds. The fourth-order valence-corrected chi connectivity index (χ4v) is 4.96. The third-order valence-electron chi connectivity index (χ3n) is 6.58. The van der Waals surface area contributed by atoms with E-state index < -0.39 is 0 Å². The van der Waals surface area contributed by atoms with Gasteiger partial charge in [-0.25, -0.2) is 4.98 Å². The van der Waals surface area contributed by atoms with Gasteiger partial charge in [0.05, 0.1) is 11.0 Å². The molecule has 1 fully saturated rings. The molecule has 0 bridgehead atoms. The molecule has 4 nitrogen and oxygen atoms in total. The maximum absolute atomic E-state index is 4.80. The van der Waals surface area contributed by atoms with Gasteiger partial charge in [0.2, 0.25) is 0 Å². The van der Waals surface area contributed by atoms with Gasteiger partial charge in [-0.2, -0.15) is 0 Å². The summed E-state index contributed by atoms with van der Waals surface area (Å²) in [7, 11) is 0. The number of nitrogens with one attached hydrogen (secondary N) is 2. The predicted octanol–water partition coefficient (Wildman–Crippen LogP) is 4.99. The number of hydrogen-bond donors (Lipinski definition) is 2. The van der Waals surface area contributed by atoms with Gasteiger partial charge in [-0.05, 0) is 55.7 Å². The highest BCUT2D eigenvalue weighted by atomic mass is 15.2. The molecule has 2 heterocycles. The van der Waals surface area contributed by atoms with Gasteiger partial charge in [-0.15, -0.1) is 0 Å². The highest BCUT2D eigenvalue weighted by molar-refractivity contribution is 5.74. The van der Waals surface area contributed by atoms with E-state index in [0.29, 0.717) is 12.0 Å². The van der Waals surface area contributed by atoms with Gasteiger partial charge in [0.1, 0.15) is 5.82 Å². The van der Waals surface area contributed by atoms with Gasteiger partial charge in [-0.3, -0.25) is 0 Å². The number of para-hydroxylation sites is 2. The standard InChI is InChI=1S/C28H32N4/c1-3-10-22(11-4-1)25(23-12-5-2-6-13-23)16-19-32-18-9-17-29-24(21-32)20-28-30-26-14-7-8-15-27(26)31-28/h1-8,10-15,24-25,29H,9,16-21H2,(H,30,31). The Labute approximate surface area is 190 Å². The zero-order chi connectivity index (χ0) is 21.6. The number of fused-ring (bicyclic) bond motifs is 1. The van der Waals surface area contributed by atoms with Crippen molar-refractivity contribution in [3.8, 4) is 0 Å². The van der Waals surface area contributed by atoms with Crippen LogP contribution in [0.5, 0.6) is 0 Å².